The molecule has 0 unspecified atom stereocenters. The van der Waals surface area contributed by atoms with Crippen LogP contribution in [0.1, 0.15) is 0 Å². The van der Waals surface area contributed by atoms with Gasteiger partial charge >= 0.3 is 0 Å². The molecule has 0 fully saturated rings. The molecule has 10 nitrogen and oxygen atoms in total. The molecule has 0 rings (SSSR count). The summed E-state index contributed by atoms with van der Waals surface area (Å²) < 4.78 is 13.6. The van der Waals surface area contributed by atoms with Gasteiger partial charge in [-0.1, -0.05) is 0 Å². The number of aliphatic hydroxyl groups is 4. The summed E-state index contributed by atoms with van der Waals surface area (Å²) in [5.41, 5.74) is -3.35. The molecule has 0 radical (unpaired) electrons. The molecule has 0 bridgehead atoms. The van der Waals surface area contributed by atoms with Crippen LogP contribution in [0.2, 0.25) is 0 Å². The van der Waals surface area contributed by atoms with Crippen LogP contribution in [0.15, 0.2) is 0 Å². The average molecular weight is 273 g/mol. The smallest absolute Gasteiger partial charge is 0.156 e. The van der Waals surface area contributed by atoms with Crippen LogP contribution in [0, 0.1) is 0 Å². The van der Waals surface area contributed by atoms with Crippen molar-refractivity contribution in [3.05, 3.63) is 0 Å². The number of rotatable bonds is 7. The van der Waals surface area contributed by atoms with Gasteiger partial charge < -0.3 is 49.2 Å². The van der Waals surface area contributed by atoms with Gasteiger partial charge in [-0.05, 0) is 0 Å². The molecule has 0 aromatic rings. The molecule has 0 amide bonds. The molecule has 0 aliphatic carbocycles. The first-order valence-electron chi connectivity index (χ1n) is 4.12. The Morgan fingerprint density at radius 3 is 2.18 bits per heavy atom. The molecular weight excluding hydrogens is 263 g/mol. The van der Waals surface area contributed by atoms with Gasteiger partial charge in [-0.2, -0.15) is 0 Å². The van der Waals surface area contributed by atoms with Crippen LogP contribution in [-0.4, -0.2) is 57.4 Å². The van der Waals surface area contributed by atoms with E-state index >= 15 is 0 Å². The summed E-state index contributed by atoms with van der Waals surface area (Å²) in [5, 5.41) is 46.3. The fourth-order valence-corrected chi connectivity index (χ4v) is 1.22. The van der Waals surface area contributed by atoms with Crippen molar-refractivity contribution < 1.29 is 49.2 Å². The number of hydrogen-bond donors (Lipinski definition) is 4. The van der Waals surface area contributed by atoms with Crippen LogP contribution in [0.5, 0.6) is 0 Å². The molecule has 0 saturated carbocycles. The minimum absolute atomic E-state index is 1.12. The number of carbonyl (C=O) groups is 1. The van der Waals surface area contributed by atoms with Crippen LogP contribution in [0.3, 0.4) is 0 Å². The zero-order valence-corrected chi connectivity index (χ0v) is 9.15. The third kappa shape index (κ3) is 4.66. The van der Waals surface area contributed by atoms with E-state index in [2.05, 4.69) is 4.52 Å². The van der Waals surface area contributed by atoms with E-state index in [1.165, 1.54) is 0 Å². The lowest BCUT2D eigenvalue weighted by Gasteiger charge is -2.38. The Hall–Kier alpha value is -0.580. The van der Waals surface area contributed by atoms with E-state index < -0.39 is 44.8 Å². The monoisotopic (exact) mass is 273 g/mol. The Balaban J connectivity index is 4.92. The second-order valence-electron chi connectivity index (χ2n) is 3.13. The first kappa shape index (κ1) is 16.4. The molecule has 0 aromatic carbocycles. The molecule has 0 heterocycles. The molecular formula is C6H10O10P-3. The standard InChI is InChI=1S/C6H13O10P/c7-1-3(8)4(9)6(12,5(10)11)2-16-17(13,14)15/h3-4,7-9,12H,1-2H2,(H,10,11)(H2,13,14,15)/p-3/t3-,4-,6+/m1/s1. The van der Waals surface area contributed by atoms with Gasteiger partial charge in [0, 0.05) is 0 Å². The van der Waals surface area contributed by atoms with E-state index in [0.717, 1.165) is 0 Å². The summed E-state index contributed by atoms with van der Waals surface area (Å²) in [6, 6.07) is 0. The Kier molecular flexibility index (Phi) is 5.65. The van der Waals surface area contributed by atoms with E-state index in [1.807, 2.05) is 0 Å². The lowest BCUT2D eigenvalue weighted by atomic mass is 9.94. The number of carboxylic acids is 1. The Bertz CT molecular complexity index is 312. The van der Waals surface area contributed by atoms with E-state index in [-0.39, 0.29) is 0 Å². The highest BCUT2D eigenvalue weighted by Gasteiger charge is 2.42. The minimum atomic E-state index is -5.59. The van der Waals surface area contributed by atoms with Crippen LogP contribution >= 0.6 is 7.82 Å². The van der Waals surface area contributed by atoms with Crippen molar-refractivity contribution in [1.82, 2.24) is 0 Å². The number of carboxylic acid groups (broad SMARTS) is 1. The number of phosphoric acid groups is 1. The van der Waals surface area contributed by atoms with Gasteiger partial charge in [0.05, 0.1) is 27.0 Å². The summed E-state index contributed by atoms with van der Waals surface area (Å²) in [5.74, 6) is -2.38. The molecule has 4 N–H and O–H groups in total. The largest absolute Gasteiger partial charge is 0.790 e. The molecule has 0 spiro atoms. The predicted molar refractivity (Wildman–Crippen MR) is 42.6 cm³/mol. The lowest BCUT2D eigenvalue weighted by Crippen LogP contribution is -2.63. The summed E-state index contributed by atoms with van der Waals surface area (Å²) in [6.45, 7) is -2.78. The maximum atomic E-state index is 10.5. The summed E-state index contributed by atoms with van der Waals surface area (Å²) >= 11 is 0. The number of carbonyl (C=O) groups excluding carboxylic acids is 1. The predicted octanol–water partition coefficient (Wildman–Crippen LogP) is -5.97. The van der Waals surface area contributed by atoms with Gasteiger partial charge in [0.15, 0.2) is 5.60 Å². The molecule has 0 aliphatic rings. The van der Waals surface area contributed by atoms with Crippen LogP contribution in [-0.2, 0) is 13.9 Å². The highest BCUT2D eigenvalue weighted by molar-refractivity contribution is 7.43. The number of aliphatic carboxylic acids is 1. The second-order valence-corrected chi connectivity index (χ2v) is 4.28. The topological polar surface area (TPSA) is 193 Å². The van der Waals surface area contributed by atoms with Crippen molar-refractivity contribution in [2.24, 2.45) is 0 Å². The van der Waals surface area contributed by atoms with E-state index in [0.29, 0.717) is 0 Å². The average Bonchev–Trinajstić information content (AvgIpc) is 2.22. The van der Waals surface area contributed by atoms with Gasteiger partial charge in [-0.15, -0.1) is 0 Å². The third-order valence-corrected chi connectivity index (χ3v) is 2.28. The Morgan fingerprint density at radius 1 is 1.41 bits per heavy atom. The maximum absolute atomic E-state index is 10.5. The van der Waals surface area contributed by atoms with E-state index in [4.69, 9.17) is 15.3 Å². The van der Waals surface area contributed by atoms with E-state index in [9.17, 15) is 29.4 Å². The number of phosphoric ester groups is 1. The zero-order chi connectivity index (χ0) is 13.9. The quantitative estimate of drug-likeness (QED) is 0.324. The normalized spacial score (nSPS) is 19.4. The summed E-state index contributed by atoms with van der Waals surface area (Å²) in [4.78, 5) is 30.7. The molecule has 102 valence electrons. The molecule has 0 aromatic heterocycles. The van der Waals surface area contributed by atoms with Gasteiger partial charge in [0.1, 0.15) is 12.2 Å². The van der Waals surface area contributed by atoms with Crippen molar-refractivity contribution in [3.63, 3.8) is 0 Å². The third-order valence-electron chi connectivity index (χ3n) is 1.84. The maximum Gasteiger partial charge on any atom is 0.156 e. The molecule has 17 heavy (non-hydrogen) atoms. The van der Waals surface area contributed by atoms with Crippen molar-refractivity contribution in [1.29, 1.82) is 0 Å². The van der Waals surface area contributed by atoms with Crippen molar-refractivity contribution >= 4 is 13.8 Å². The van der Waals surface area contributed by atoms with Crippen molar-refractivity contribution in [3.8, 4) is 0 Å². The second kappa shape index (κ2) is 5.85. The van der Waals surface area contributed by atoms with Crippen LogP contribution in [0.4, 0.5) is 0 Å². The first-order valence-corrected chi connectivity index (χ1v) is 5.58. The Labute approximate surface area is 94.9 Å². The fourth-order valence-electron chi connectivity index (χ4n) is 0.861. The summed E-state index contributed by atoms with van der Waals surface area (Å²) in [7, 11) is -5.59. The molecule has 0 saturated heterocycles. The highest BCUT2D eigenvalue weighted by atomic mass is 31.2. The van der Waals surface area contributed by atoms with Gasteiger partial charge in [0.2, 0.25) is 0 Å². The van der Waals surface area contributed by atoms with Crippen molar-refractivity contribution in [2.75, 3.05) is 13.2 Å². The number of hydrogen-bond acceptors (Lipinski definition) is 10. The fraction of sp³-hybridized carbons (Fsp3) is 0.833. The lowest BCUT2D eigenvalue weighted by molar-refractivity contribution is -0.351. The van der Waals surface area contributed by atoms with Crippen molar-refractivity contribution in [2.45, 2.75) is 17.8 Å². The molecule has 3 atom stereocenters. The van der Waals surface area contributed by atoms with Crippen LogP contribution < -0.4 is 14.9 Å². The number of aliphatic hydroxyl groups excluding tert-OH is 3. The first-order chi connectivity index (χ1) is 7.54. The van der Waals surface area contributed by atoms with Crippen LogP contribution in [0.25, 0.3) is 0 Å². The highest BCUT2D eigenvalue weighted by Crippen LogP contribution is 2.28. The van der Waals surface area contributed by atoms with Gasteiger partial charge in [-0.25, -0.2) is 0 Å². The SMILES string of the molecule is O=C([O-])[C@](O)(COP(=O)([O-])[O-])[C@H](O)[C@H](O)CO. The Morgan fingerprint density at radius 2 is 1.88 bits per heavy atom. The molecule has 0 aliphatic heterocycles. The zero-order valence-electron chi connectivity index (χ0n) is 8.25. The van der Waals surface area contributed by atoms with Gasteiger partial charge in [-0.3, -0.25) is 0 Å². The van der Waals surface area contributed by atoms with E-state index in [1.54, 1.807) is 0 Å². The summed E-state index contributed by atoms with van der Waals surface area (Å²) in [6.07, 6.45) is -4.61. The van der Waals surface area contributed by atoms with Gasteiger partial charge in [0.25, 0.3) is 0 Å². The minimum Gasteiger partial charge on any atom is -0.790 e. The molecule has 11 heteroatoms.